The van der Waals surface area contributed by atoms with Crippen LogP contribution in [0.5, 0.6) is 0 Å². The lowest BCUT2D eigenvalue weighted by atomic mass is 10.1. The summed E-state index contributed by atoms with van der Waals surface area (Å²) in [5.41, 5.74) is 2.59. The molecule has 6 heteroatoms. The van der Waals surface area contributed by atoms with Crippen LogP contribution in [-0.4, -0.2) is 28.5 Å². The minimum Gasteiger partial charge on any atom is -0.481 e. The van der Waals surface area contributed by atoms with Crippen molar-refractivity contribution in [2.45, 2.75) is 26.7 Å². The molecule has 26 heavy (non-hydrogen) atoms. The van der Waals surface area contributed by atoms with Gasteiger partial charge in [0.1, 0.15) is 0 Å². The lowest BCUT2D eigenvalue weighted by molar-refractivity contribution is -0.136. The Morgan fingerprint density at radius 1 is 1.35 bits per heavy atom. The van der Waals surface area contributed by atoms with Crippen LogP contribution in [0.25, 0.3) is 0 Å². The Hall–Kier alpha value is -3.15. The van der Waals surface area contributed by atoms with Gasteiger partial charge in [-0.1, -0.05) is 31.7 Å². The molecule has 0 aliphatic heterocycles. The van der Waals surface area contributed by atoms with Crippen molar-refractivity contribution in [1.29, 1.82) is 0 Å². The number of aromatic nitrogens is 1. The van der Waals surface area contributed by atoms with Crippen molar-refractivity contribution in [1.82, 2.24) is 10.3 Å². The van der Waals surface area contributed by atoms with E-state index in [1.54, 1.807) is 36.6 Å². The summed E-state index contributed by atoms with van der Waals surface area (Å²) in [7, 11) is 0. The Bertz CT molecular complexity index is 749. The highest BCUT2D eigenvalue weighted by molar-refractivity contribution is 6.07. The molecule has 1 heterocycles. The molecule has 0 aromatic carbocycles. The number of nitrogens with one attached hydrogen (secondary N) is 2. The summed E-state index contributed by atoms with van der Waals surface area (Å²) in [5.74, 6) is -1.27. The van der Waals surface area contributed by atoms with Gasteiger partial charge in [-0.05, 0) is 31.1 Å². The number of anilines is 1. The number of hydrogen-bond acceptors (Lipinski definition) is 4. The van der Waals surface area contributed by atoms with Gasteiger partial charge in [0.25, 0.3) is 5.91 Å². The van der Waals surface area contributed by atoms with Crippen molar-refractivity contribution in [3.63, 3.8) is 0 Å². The van der Waals surface area contributed by atoms with Crippen molar-refractivity contribution < 1.29 is 14.7 Å². The van der Waals surface area contributed by atoms with E-state index in [0.29, 0.717) is 41.2 Å². The standard InChI is InChI=1S/C20H25N3O3/c1-5-8-14(4)16(13-21-11-6-2)20(26)23-18-10-9-15(12-19(24)25)22-17(18)7-3/h5-6,8-10,13,21H,2,4,7,11-12H2,1,3H3,(H,23,26)(H,24,25)/b8-5-,16-13+. The highest BCUT2D eigenvalue weighted by Gasteiger charge is 2.15. The predicted octanol–water partition coefficient (Wildman–Crippen LogP) is 3.00. The Kier molecular flexibility index (Phi) is 8.57. The molecule has 0 aliphatic rings. The zero-order chi connectivity index (χ0) is 19.5. The van der Waals surface area contributed by atoms with E-state index in [4.69, 9.17) is 5.11 Å². The van der Waals surface area contributed by atoms with E-state index in [9.17, 15) is 9.59 Å². The molecule has 0 atom stereocenters. The lowest BCUT2D eigenvalue weighted by Gasteiger charge is -2.13. The third-order valence-corrected chi connectivity index (χ3v) is 3.41. The molecule has 138 valence electrons. The van der Waals surface area contributed by atoms with Gasteiger partial charge in [-0.2, -0.15) is 0 Å². The Balaban J connectivity index is 3.07. The SMILES string of the molecule is C=CCN/C=C(\C(=C)/C=C\C)C(=O)Nc1ccc(CC(=O)O)nc1CC. The Morgan fingerprint density at radius 2 is 2.08 bits per heavy atom. The van der Waals surface area contributed by atoms with Crippen molar-refractivity contribution in [3.05, 3.63) is 72.3 Å². The maximum Gasteiger partial charge on any atom is 0.309 e. The molecule has 6 nitrogen and oxygen atoms in total. The topological polar surface area (TPSA) is 91.3 Å². The molecule has 1 amide bonds. The zero-order valence-electron chi connectivity index (χ0n) is 15.2. The highest BCUT2D eigenvalue weighted by atomic mass is 16.4. The van der Waals surface area contributed by atoms with Gasteiger partial charge < -0.3 is 15.7 Å². The minimum absolute atomic E-state index is 0.157. The molecule has 0 bridgehead atoms. The summed E-state index contributed by atoms with van der Waals surface area (Å²) in [4.78, 5) is 27.8. The highest BCUT2D eigenvalue weighted by Crippen LogP contribution is 2.18. The number of aliphatic carboxylic acids is 1. The number of carboxylic acid groups (broad SMARTS) is 1. The molecule has 0 aliphatic carbocycles. The molecule has 0 saturated heterocycles. The first kappa shape index (κ1) is 20.9. The first-order valence-corrected chi connectivity index (χ1v) is 8.31. The largest absolute Gasteiger partial charge is 0.481 e. The van der Waals surface area contributed by atoms with Crippen LogP contribution in [0.15, 0.2) is 60.9 Å². The van der Waals surface area contributed by atoms with Crippen molar-refractivity contribution in [3.8, 4) is 0 Å². The summed E-state index contributed by atoms with van der Waals surface area (Å²) in [6.45, 7) is 11.8. The smallest absolute Gasteiger partial charge is 0.309 e. The Labute approximate surface area is 154 Å². The molecule has 0 saturated carbocycles. The summed E-state index contributed by atoms with van der Waals surface area (Å²) in [6.07, 6.45) is 7.23. The number of pyridine rings is 1. The maximum atomic E-state index is 12.7. The fraction of sp³-hybridized carbons (Fsp3) is 0.250. The average Bonchev–Trinajstić information content (AvgIpc) is 2.59. The maximum absolute atomic E-state index is 12.7. The number of aryl methyl sites for hydroxylation is 1. The Morgan fingerprint density at radius 3 is 2.65 bits per heavy atom. The minimum atomic E-state index is -0.947. The number of nitrogens with zero attached hydrogens (tertiary/aromatic N) is 1. The van der Waals surface area contributed by atoms with E-state index in [0.717, 1.165) is 0 Å². The molecular formula is C20H25N3O3. The van der Waals surface area contributed by atoms with Gasteiger partial charge in [0, 0.05) is 12.7 Å². The molecule has 0 spiro atoms. The van der Waals surface area contributed by atoms with Crippen molar-refractivity contribution >= 4 is 17.6 Å². The molecule has 0 unspecified atom stereocenters. The van der Waals surface area contributed by atoms with Crippen LogP contribution in [0.1, 0.15) is 25.2 Å². The molecular weight excluding hydrogens is 330 g/mol. The van der Waals surface area contributed by atoms with Crippen LogP contribution in [-0.2, 0) is 22.4 Å². The van der Waals surface area contributed by atoms with Crippen LogP contribution in [0, 0.1) is 0 Å². The van der Waals surface area contributed by atoms with E-state index in [2.05, 4.69) is 28.8 Å². The fourth-order valence-electron chi connectivity index (χ4n) is 2.21. The van der Waals surface area contributed by atoms with E-state index >= 15 is 0 Å². The predicted molar refractivity (Wildman–Crippen MR) is 104 cm³/mol. The summed E-state index contributed by atoms with van der Waals surface area (Å²) in [6, 6.07) is 3.28. The van der Waals surface area contributed by atoms with Crippen molar-refractivity contribution in [2.24, 2.45) is 0 Å². The van der Waals surface area contributed by atoms with Crippen LogP contribution >= 0.6 is 0 Å². The molecule has 1 aromatic rings. The van der Waals surface area contributed by atoms with Gasteiger partial charge in [0.05, 0.1) is 29.1 Å². The summed E-state index contributed by atoms with van der Waals surface area (Å²) in [5, 5.41) is 14.7. The molecule has 1 aromatic heterocycles. The second kappa shape index (κ2) is 10.7. The van der Waals surface area contributed by atoms with Crippen LogP contribution in [0.3, 0.4) is 0 Å². The first-order valence-electron chi connectivity index (χ1n) is 8.31. The number of rotatable bonds is 10. The number of allylic oxidation sites excluding steroid dienone is 2. The van der Waals surface area contributed by atoms with Gasteiger partial charge >= 0.3 is 5.97 Å². The van der Waals surface area contributed by atoms with Gasteiger partial charge in [0.2, 0.25) is 0 Å². The third-order valence-electron chi connectivity index (χ3n) is 3.41. The van der Waals surface area contributed by atoms with E-state index < -0.39 is 5.97 Å². The van der Waals surface area contributed by atoms with Crippen LogP contribution in [0.4, 0.5) is 5.69 Å². The van der Waals surface area contributed by atoms with Gasteiger partial charge in [0.15, 0.2) is 0 Å². The lowest BCUT2D eigenvalue weighted by Crippen LogP contribution is -2.19. The van der Waals surface area contributed by atoms with Gasteiger partial charge in [-0.25, -0.2) is 0 Å². The van der Waals surface area contributed by atoms with Gasteiger partial charge in [-0.15, -0.1) is 6.58 Å². The molecule has 1 rings (SSSR count). The van der Waals surface area contributed by atoms with E-state index in [1.165, 1.54) is 0 Å². The van der Waals surface area contributed by atoms with Crippen LogP contribution in [0.2, 0.25) is 0 Å². The van der Waals surface area contributed by atoms with E-state index in [1.807, 2.05) is 13.8 Å². The van der Waals surface area contributed by atoms with E-state index in [-0.39, 0.29) is 12.3 Å². The van der Waals surface area contributed by atoms with Crippen molar-refractivity contribution in [2.75, 3.05) is 11.9 Å². The second-order valence-corrected chi connectivity index (χ2v) is 5.46. The third kappa shape index (κ3) is 6.39. The zero-order valence-corrected chi connectivity index (χ0v) is 15.2. The summed E-state index contributed by atoms with van der Waals surface area (Å²) < 4.78 is 0. The molecule has 3 N–H and O–H groups in total. The number of amides is 1. The molecule has 0 fully saturated rings. The summed E-state index contributed by atoms with van der Waals surface area (Å²) >= 11 is 0. The second-order valence-electron chi connectivity index (χ2n) is 5.46. The monoisotopic (exact) mass is 355 g/mol. The van der Waals surface area contributed by atoms with Gasteiger partial charge in [-0.3, -0.25) is 14.6 Å². The average molecular weight is 355 g/mol. The first-order chi connectivity index (χ1) is 12.4. The quantitative estimate of drug-likeness (QED) is 0.260. The number of carbonyl (C=O) groups is 2. The number of hydrogen-bond donors (Lipinski definition) is 3. The number of carboxylic acids is 1. The normalized spacial score (nSPS) is 11.2. The molecule has 0 radical (unpaired) electrons. The van der Waals surface area contributed by atoms with Crippen LogP contribution < -0.4 is 10.6 Å². The number of carbonyl (C=O) groups excluding carboxylic acids is 1. The fourth-order valence-corrected chi connectivity index (χ4v) is 2.21.